The molecule has 0 N–H and O–H groups in total. The number of hydrogen-bond donors (Lipinski definition) is 0. The van der Waals surface area contributed by atoms with Crippen LogP contribution in [0, 0.1) is 6.58 Å². The van der Waals surface area contributed by atoms with Gasteiger partial charge >= 0.3 is 0 Å². The molecule has 0 fully saturated rings. The molecule has 0 aromatic carbocycles. The maximum Gasteiger partial charge on any atom is 0.0422 e. The average Bonchev–Trinajstić information content (AvgIpc) is 2.33. The SMILES string of the molecule is [CH-]=Cn1ccnc1[C-]=O.[Y]. The van der Waals surface area contributed by atoms with E-state index in [2.05, 4.69) is 4.98 Å². The summed E-state index contributed by atoms with van der Waals surface area (Å²) in [4.78, 5) is 13.6. The van der Waals surface area contributed by atoms with E-state index < -0.39 is 0 Å². The third kappa shape index (κ3) is 1.85. The standard InChI is InChI=1S/C6H4N2O.Y/c1-2-8-4-3-7-6(8)5-9;/h1-4H;/q-2;. The fraction of sp³-hybridized carbons (Fsp3) is 0. The van der Waals surface area contributed by atoms with E-state index >= 15 is 0 Å². The van der Waals surface area contributed by atoms with E-state index in [0.717, 1.165) is 0 Å². The van der Waals surface area contributed by atoms with Gasteiger partial charge in [-0.05, 0) is 5.82 Å². The van der Waals surface area contributed by atoms with Crippen LogP contribution in [0.2, 0.25) is 0 Å². The monoisotopic (exact) mass is 209 g/mol. The Labute approximate surface area is 84.0 Å². The van der Waals surface area contributed by atoms with Gasteiger partial charge < -0.3 is 15.9 Å². The maximum atomic E-state index is 9.96. The Kier molecular flexibility index (Phi) is 4.40. The van der Waals surface area contributed by atoms with Gasteiger partial charge in [-0.25, -0.2) is 0 Å². The Morgan fingerprint density at radius 2 is 2.50 bits per heavy atom. The van der Waals surface area contributed by atoms with Crippen molar-refractivity contribution in [1.82, 2.24) is 9.55 Å². The number of nitrogens with zero attached hydrogens (tertiary/aromatic N) is 2. The van der Waals surface area contributed by atoms with Gasteiger partial charge in [-0.3, -0.25) is 4.98 Å². The van der Waals surface area contributed by atoms with Crippen molar-refractivity contribution in [3.63, 3.8) is 0 Å². The van der Waals surface area contributed by atoms with Gasteiger partial charge in [0.15, 0.2) is 0 Å². The third-order valence-corrected chi connectivity index (χ3v) is 0.921. The van der Waals surface area contributed by atoms with Crippen LogP contribution in [0.5, 0.6) is 0 Å². The topological polar surface area (TPSA) is 34.9 Å². The number of rotatable bonds is 2. The van der Waals surface area contributed by atoms with Gasteiger partial charge in [-0.1, -0.05) is 0 Å². The first-order valence-corrected chi connectivity index (χ1v) is 2.34. The zero-order valence-electron chi connectivity index (χ0n) is 5.19. The summed E-state index contributed by atoms with van der Waals surface area (Å²) in [7, 11) is 0. The molecule has 0 bridgehead atoms. The molecule has 1 aromatic heterocycles. The van der Waals surface area contributed by atoms with E-state index in [1.807, 2.05) is 0 Å². The Morgan fingerprint density at radius 3 is 2.90 bits per heavy atom. The van der Waals surface area contributed by atoms with Crippen LogP contribution in [-0.2, 0) is 37.5 Å². The zero-order valence-corrected chi connectivity index (χ0v) is 8.03. The van der Waals surface area contributed by atoms with Gasteiger partial charge in [0.25, 0.3) is 0 Å². The van der Waals surface area contributed by atoms with E-state index in [1.165, 1.54) is 17.0 Å². The Hall–Kier alpha value is -0.276. The minimum absolute atomic E-state index is 0. The van der Waals surface area contributed by atoms with Crippen LogP contribution in [0.25, 0.3) is 6.20 Å². The molecule has 4 heteroatoms. The summed E-state index contributed by atoms with van der Waals surface area (Å²) < 4.78 is 1.38. The fourth-order valence-corrected chi connectivity index (χ4v) is 0.512. The Balaban J connectivity index is 0.000000810. The molecular formula is C6H4N2OY-2. The van der Waals surface area contributed by atoms with Crippen LogP contribution < -0.4 is 0 Å². The molecule has 0 saturated heterocycles. The molecule has 0 aliphatic carbocycles. The summed E-state index contributed by atoms with van der Waals surface area (Å²) in [6.45, 7) is 5.09. The molecule has 49 valence electrons. The van der Waals surface area contributed by atoms with E-state index in [-0.39, 0.29) is 38.5 Å². The Bertz CT molecular complexity index is 209. The van der Waals surface area contributed by atoms with Gasteiger partial charge in [-0.15, -0.1) is 0 Å². The molecule has 0 saturated carbocycles. The largest absolute Gasteiger partial charge is 0.534 e. The predicted octanol–water partition coefficient (Wildman–Crippen LogP) is 0.242. The van der Waals surface area contributed by atoms with E-state index in [4.69, 9.17) is 6.58 Å². The summed E-state index contributed by atoms with van der Waals surface area (Å²) in [5, 5.41) is 0. The van der Waals surface area contributed by atoms with Crippen LogP contribution in [0.15, 0.2) is 12.4 Å². The number of aromatic nitrogens is 2. The van der Waals surface area contributed by atoms with Crippen LogP contribution in [0.3, 0.4) is 0 Å². The molecule has 10 heavy (non-hydrogen) atoms. The third-order valence-electron chi connectivity index (χ3n) is 0.921. The number of hydrogen-bond acceptors (Lipinski definition) is 2. The summed E-state index contributed by atoms with van der Waals surface area (Å²) in [6, 6.07) is 0. The predicted molar refractivity (Wildman–Crippen MR) is 32.1 cm³/mol. The van der Waals surface area contributed by atoms with Crippen molar-refractivity contribution in [2.45, 2.75) is 0 Å². The van der Waals surface area contributed by atoms with Crippen molar-refractivity contribution in [2.75, 3.05) is 0 Å². The molecule has 0 atom stereocenters. The summed E-state index contributed by atoms with van der Waals surface area (Å²) in [5.74, 6) is 0.192. The van der Waals surface area contributed by atoms with Crippen molar-refractivity contribution >= 4 is 12.5 Å². The molecule has 1 aromatic rings. The van der Waals surface area contributed by atoms with Crippen molar-refractivity contribution in [3.8, 4) is 0 Å². The molecule has 0 amide bonds. The molecule has 1 heterocycles. The average molecular weight is 209 g/mol. The second kappa shape index (κ2) is 4.53. The molecule has 0 unspecified atom stereocenters. The minimum atomic E-state index is 0. The molecule has 0 aliphatic heterocycles. The fourth-order valence-electron chi connectivity index (χ4n) is 0.512. The molecular weight excluding hydrogens is 205 g/mol. The summed E-state index contributed by atoms with van der Waals surface area (Å²) >= 11 is 0. The van der Waals surface area contributed by atoms with E-state index in [1.54, 1.807) is 12.5 Å². The first-order valence-electron chi connectivity index (χ1n) is 2.34. The van der Waals surface area contributed by atoms with Crippen LogP contribution >= 0.6 is 0 Å². The quantitative estimate of drug-likeness (QED) is 0.654. The van der Waals surface area contributed by atoms with Crippen molar-refractivity contribution in [2.24, 2.45) is 0 Å². The van der Waals surface area contributed by atoms with Gasteiger partial charge in [0.05, 0.1) is 0 Å². The van der Waals surface area contributed by atoms with Gasteiger partial charge in [0.2, 0.25) is 0 Å². The van der Waals surface area contributed by atoms with Gasteiger partial charge in [-0.2, -0.15) is 12.5 Å². The summed E-state index contributed by atoms with van der Waals surface area (Å²) in [5.41, 5.74) is 0. The second-order valence-electron chi connectivity index (χ2n) is 1.41. The first-order chi connectivity index (χ1) is 4.38. The van der Waals surface area contributed by atoms with Crippen molar-refractivity contribution < 1.29 is 37.5 Å². The molecule has 3 nitrogen and oxygen atoms in total. The van der Waals surface area contributed by atoms with Gasteiger partial charge in [0, 0.05) is 45.1 Å². The van der Waals surface area contributed by atoms with E-state index in [0.29, 0.717) is 0 Å². The van der Waals surface area contributed by atoms with Gasteiger partial charge in [0.1, 0.15) is 0 Å². The van der Waals surface area contributed by atoms with Crippen LogP contribution in [0.1, 0.15) is 5.82 Å². The molecule has 1 rings (SSSR count). The van der Waals surface area contributed by atoms with Crippen LogP contribution in [0.4, 0.5) is 0 Å². The zero-order chi connectivity index (χ0) is 6.69. The maximum absolute atomic E-state index is 9.96. The molecule has 0 aliphatic rings. The normalized spacial score (nSPS) is 8.00. The van der Waals surface area contributed by atoms with E-state index in [9.17, 15) is 4.79 Å². The minimum Gasteiger partial charge on any atom is -0.534 e. The Morgan fingerprint density at radius 1 is 1.80 bits per heavy atom. The van der Waals surface area contributed by atoms with Crippen molar-refractivity contribution in [3.05, 3.63) is 24.8 Å². The smallest absolute Gasteiger partial charge is 0.0422 e. The van der Waals surface area contributed by atoms with Crippen LogP contribution in [-0.4, -0.2) is 15.8 Å². The van der Waals surface area contributed by atoms with Crippen molar-refractivity contribution in [1.29, 1.82) is 0 Å². The number of carbonyl (C=O) groups excluding carboxylic acids is 1. The molecule has 0 spiro atoms. The molecule has 1 radical (unpaired) electrons. The first kappa shape index (κ1) is 9.72. The summed E-state index contributed by atoms with van der Waals surface area (Å²) in [6.07, 6.45) is 5.91. The number of imidazole rings is 1. The second-order valence-corrected chi connectivity index (χ2v) is 1.41.